The second kappa shape index (κ2) is 5.72. The van der Waals surface area contributed by atoms with E-state index in [1.54, 1.807) is 43.5 Å². The molecule has 0 saturated carbocycles. The summed E-state index contributed by atoms with van der Waals surface area (Å²) in [5.74, 6) is 0.722. The molecule has 1 aromatic heterocycles. The molecule has 3 aromatic rings. The number of hydrogen-bond acceptors (Lipinski definition) is 4. The number of nitrogen functional groups attached to an aromatic ring is 1. The van der Waals surface area contributed by atoms with Crippen molar-refractivity contribution in [3.05, 3.63) is 58.1 Å². The van der Waals surface area contributed by atoms with Gasteiger partial charge in [-0.15, -0.1) is 0 Å². The lowest BCUT2D eigenvalue weighted by Crippen LogP contribution is -2.24. The van der Waals surface area contributed by atoms with Crippen LogP contribution in [0.25, 0.3) is 16.6 Å². The zero-order valence-electron chi connectivity index (χ0n) is 12.8. The minimum Gasteiger partial charge on any atom is -0.497 e. The highest BCUT2D eigenvalue weighted by Crippen LogP contribution is 2.22. The van der Waals surface area contributed by atoms with Crippen LogP contribution in [-0.2, 0) is 6.67 Å². The maximum Gasteiger partial charge on any atom is 0.266 e. The standard InChI is InChI=1S/C17H16FN3O2/c1-10-7-12(23-2)4-6-15(10)21-16(9-18)20-14-5-3-11(19)8-13(14)17(21)22/h3-8H,9,19H2,1-2H3. The molecule has 2 aromatic carbocycles. The number of alkyl halides is 1. The average Bonchev–Trinajstić information content (AvgIpc) is 2.55. The maximum absolute atomic E-state index is 13.5. The Kier molecular flexibility index (Phi) is 3.73. The second-order valence-electron chi connectivity index (χ2n) is 5.23. The number of rotatable bonds is 3. The van der Waals surface area contributed by atoms with Crippen LogP contribution in [0.3, 0.4) is 0 Å². The Hall–Kier alpha value is -2.89. The number of nitrogens with two attached hydrogens (primary N) is 1. The van der Waals surface area contributed by atoms with E-state index in [-0.39, 0.29) is 11.4 Å². The van der Waals surface area contributed by atoms with Crippen molar-refractivity contribution in [2.24, 2.45) is 0 Å². The molecule has 0 spiro atoms. The van der Waals surface area contributed by atoms with E-state index in [0.29, 0.717) is 28.0 Å². The number of hydrogen-bond donors (Lipinski definition) is 1. The van der Waals surface area contributed by atoms with Crippen molar-refractivity contribution < 1.29 is 9.13 Å². The van der Waals surface area contributed by atoms with Gasteiger partial charge in [-0.1, -0.05) is 0 Å². The van der Waals surface area contributed by atoms with Crippen LogP contribution in [0.15, 0.2) is 41.2 Å². The van der Waals surface area contributed by atoms with Crippen LogP contribution >= 0.6 is 0 Å². The number of anilines is 1. The van der Waals surface area contributed by atoms with Crippen molar-refractivity contribution in [3.63, 3.8) is 0 Å². The number of benzene rings is 2. The van der Waals surface area contributed by atoms with Crippen molar-refractivity contribution in [2.75, 3.05) is 12.8 Å². The van der Waals surface area contributed by atoms with E-state index in [4.69, 9.17) is 10.5 Å². The van der Waals surface area contributed by atoms with Gasteiger partial charge in [0.1, 0.15) is 18.2 Å². The monoisotopic (exact) mass is 313 g/mol. The third-order valence-corrected chi connectivity index (χ3v) is 3.73. The Morgan fingerprint density at radius 1 is 1.26 bits per heavy atom. The zero-order valence-corrected chi connectivity index (χ0v) is 12.8. The van der Waals surface area contributed by atoms with Gasteiger partial charge in [-0.2, -0.15) is 0 Å². The summed E-state index contributed by atoms with van der Waals surface area (Å²) in [6, 6.07) is 10.0. The van der Waals surface area contributed by atoms with E-state index < -0.39 is 6.67 Å². The smallest absolute Gasteiger partial charge is 0.266 e. The number of fused-ring (bicyclic) bond motifs is 1. The van der Waals surface area contributed by atoms with E-state index in [1.165, 1.54) is 4.57 Å². The third-order valence-electron chi connectivity index (χ3n) is 3.73. The van der Waals surface area contributed by atoms with Gasteiger partial charge in [0.15, 0.2) is 0 Å². The summed E-state index contributed by atoms with van der Waals surface area (Å²) in [7, 11) is 1.56. The molecule has 2 N–H and O–H groups in total. The summed E-state index contributed by atoms with van der Waals surface area (Å²) in [4.78, 5) is 17.1. The summed E-state index contributed by atoms with van der Waals surface area (Å²) in [6.07, 6.45) is 0. The number of methoxy groups -OCH3 is 1. The fourth-order valence-corrected chi connectivity index (χ4v) is 2.59. The lowest BCUT2D eigenvalue weighted by Gasteiger charge is -2.14. The summed E-state index contributed by atoms with van der Waals surface area (Å²) in [5, 5.41) is 0.359. The Morgan fingerprint density at radius 2 is 2.04 bits per heavy atom. The second-order valence-corrected chi connectivity index (χ2v) is 5.23. The molecule has 3 rings (SSSR count). The molecule has 0 unspecified atom stereocenters. The molecule has 0 aliphatic rings. The van der Waals surface area contributed by atoms with Crippen LogP contribution in [0, 0.1) is 6.92 Å². The first-order chi connectivity index (χ1) is 11.0. The van der Waals surface area contributed by atoms with Gasteiger partial charge in [-0.05, 0) is 48.9 Å². The predicted molar refractivity (Wildman–Crippen MR) is 87.9 cm³/mol. The normalized spacial score (nSPS) is 10.9. The van der Waals surface area contributed by atoms with Gasteiger partial charge in [-0.3, -0.25) is 9.36 Å². The Morgan fingerprint density at radius 3 is 2.70 bits per heavy atom. The topological polar surface area (TPSA) is 70.1 Å². The van der Waals surface area contributed by atoms with Gasteiger partial charge in [0, 0.05) is 5.69 Å². The summed E-state index contributed by atoms with van der Waals surface area (Å²) in [5.41, 5.74) is 7.65. The summed E-state index contributed by atoms with van der Waals surface area (Å²) in [6.45, 7) is 0.983. The first kappa shape index (κ1) is 15.0. The molecule has 0 saturated heterocycles. The van der Waals surface area contributed by atoms with E-state index in [1.807, 2.05) is 6.92 Å². The first-order valence-corrected chi connectivity index (χ1v) is 7.07. The molecule has 118 valence electrons. The van der Waals surface area contributed by atoms with Crippen LogP contribution in [0.5, 0.6) is 5.75 Å². The quantitative estimate of drug-likeness (QED) is 0.755. The Bertz CT molecular complexity index is 950. The number of aromatic nitrogens is 2. The SMILES string of the molecule is COc1ccc(-n2c(CF)nc3ccc(N)cc3c2=O)c(C)c1. The molecule has 0 amide bonds. The van der Waals surface area contributed by atoms with Crippen molar-refractivity contribution in [3.8, 4) is 11.4 Å². The molecular weight excluding hydrogens is 297 g/mol. The van der Waals surface area contributed by atoms with Crippen LogP contribution in [0.4, 0.5) is 10.1 Å². The van der Waals surface area contributed by atoms with Crippen molar-refractivity contribution in [2.45, 2.75) is 13.6 Å². The van der Waals surface area contributed by atoms with Gasteiger partial charge < -0.3 is 10.5 Å². The lowest BCUT2D eigenvalue weighted by molar-refractivity contribution is 0.414. The number of nitrogens with zero attached hydrogens (tertiary/aromatic N) is 2. The van der Waals surface area contributed by atoms with Crippen LogP contribution < -0.4 is 16.0 Å². The highest BCUT2D eigenvalue weighted by molar-refractivity contribution is 5.81. The van der Waals surface area contributed by atoms with Crippen molar-refractivity contribution in [1.82, 2.24) is 9.55 Å². The van der Waals surface area contributed by atoms with Crippen molar-refractivity contribution >= 4 is 16.6 Å². The third kappa shape index (κ3) is 2.52. The molecule has 6 heteroatoms. The van der Waals surface area contributed by atoms with Crippen LogP contribution in [0.1, 0.15) is 11.4 Å². The fraction of sp³-hybridized carbons (Fsp3) is 0.176. The summed E-state index contributed by atoms with van der Waals surface area (Å²) < 4.78 is 19.9. The van der Waals surface area contributed by atoms with E-state index in [0.717, 1.165) is 5.56 Å². The molecule has 5 nitrogen and oxygen atoms in total. The fourth-order valence-electron chi connectivity index (χ4n) is 2.59. The molecule has 23 heavy (non-hydrogen) atoms. The zero-order chi connectivity index (χ0) is 16.6. The predicted octanol–water partition coefficient (Wildman–Crippen LogP) is 2.75. The molecule has 1 heterocycles. The Labute approximate surface area is 132 Å². The van der Waals surface area contributed by atoms with E-state index >= 15 is 0 Å². The minimum atomic E-state index is -0.846. The molecule has 0 radical (unpaired) electrons. The molecule has 0 bridgehead atoms. The number of aryl methyl sites for hydroxylation is 1. The molecule has 0 atom stereocenters. The first-order valence-electron chi connectivity index (χ1n) is 7.07. The van der Waals surface area contributed by atoms with E-state index in [9.17, 15) is 9.18 Å². The van der Waals surface area contributed by atoms with E-state index in [2.05, 4.69) is 4.98 Å². The Balaban J connectivity index is 2.36. The lowest BCUT2D eigenvalue weighted by atomic mass is 10.1. The highest BCUT2D eigenvalue weighted by Gasteiger charge is 2.14. The average molecular weight is 313 g/mol. The molecular formula is C17H16FN3O2. The highest BCUT2D eigenvalue weighted by atomic mass is 19.1. The molecule has 0 aliphatic carbocycles. The van der Waals surface area contributed by atoms with Crippen LogP contribution in [0.2, 0.25) is 0 Å². The van der Waals surface area contributed by atoms with Crippen LogP contribution in [-0.4, -0.2) is 16.7 Å². The van der Waals surface area contributed by atoms with Gasteiger partial charge in [0.2, 0.25) is 0 Å². The van der Waals surface area contributed by atoms with Gasteiger partial charge in [0.25, 0.3) is 5.56 Å². The largest absolute Gasteiger partial charge is 0.497 e. The maximum atomic E-state index is 13.5. The number of ether oxygens (including phenoxy) is 1. The van der Waals surface area contributed by atoms with Gasteiger partial charge in [0.05, 0.1) is 23.7 Å². The number of halogens is 1. The van der Waals surface area contributed by atoms with Crippen molar-refractivity contribution in [1.29, 1.82) is 0 Å². The minimum absolute atomic E-state index is 0.0561. The molecule has 0 fully saturated rings. The van der Waals surface area contributed by atoms with Gasteiger partial charge in [-0.25, -0.2) is 9.37 Å². The molecule has 0 aliphatic heterocycles. The summed E-state index contributed by atoms with van der Waals surface area (Å²) >= 11 is 0. The van der Waals surface area contributed by atoms with Gasteiger partial charge >= 0.3 is 0 Å².